The molecule has 0 aliphatic carbocycles. The van der Waals surface area contributed by atoms with Crippen LogP contribution in [0.4, 0.5) is 0 Å². The van der Waals surface area contributed by atoms with Crippen LogP contribution >= 0.6 is 34.2 Å². The first kappa shape index (κ1) is 14.1. The number of benzene rings is 2. The quantitative estimate of drug-likeness (QED) is 0.798. The molecule has 2 rings (SSSR count). The molecule has 0 atom stereocenters. The zero-order chi connectivity index (χ0) is 13.8. The first-order valence-corrected chi connectivity index (χ1v) is 6.92. The van der Waals surface area contributed by atoms with Gasteiger partial charge in [0.05, 0.1) is 0 Å². The third-order valence-corrected chi connectivity index (χ3v) is 3.55. The topological polar surface area (TPSA) is 46.5 Å². The average molecular weight is 389 g/mol. The molecule has 0 bridgehead atoms. The highest BCUT2D eigenvalue weighted by molar-refractivity contribution is 14.1. The smallest absolute Gasteiger partial charge is 0.339 e. The summed E-state index contributed by atoms with van der Waals surface area (Å²) in [7, 11) is 0. The first-order chi connectivity index (χ1) is 9.08. The van der Waals surface area contributed by atoms with Crippen LogP contribution in [0.5, 0.6) is 5.75 Å². The average Bonchev–Trinajstić information content (AvgIpc) is 2.38. The van der Waals surface area contributed by atoms with Gasteiger partial charge in [-0.15, -0.1) is 0 Å². The van der Waals surface area contributed by atoms with Gasteiger partial charge in [0.2, 0.25) is 0 Å². The van der Waals surface area contributed by atoms with Crippen molar-refractivity contribution in [2.75, 3.05) is 0 Å². The maximum Gasteiger partial charge on any atom is 0.339 e. The van der Waals surface area contributed by atoms with Crippen LogP contribution in [0.25, 0.3) is 0 Å². The highest BCUT2D eigenvalue weighted by atomic mass is 127. The molecular formula is C14H10ClIO3. The second-order valence-corrected chi connectivity index (χ2v) is 5.48. The van der Waals surface area contributed by atoms with Crippen LogP contribution in [0.3, 0.4) is 0 Å². The van der Waals surface area contributed by atoms with E-state index in [1.54, 1.807) is 24.3 Å². The predicted octanol–water partition coefficient (Wildman–Crippen LogP) is 4.22. The van der Waals surface area contributed by atoms with E-state index in [4.69, 9.17) is 21.4 Å². The maximum atomic E-state index is 11.1. The summed E-state index contributed by atoms with van der Waals surface area (Å²) >= 11 is 8.08. The zero-order valence-electron chi connectivity index (χ0n) is 9.77. The lowest BCUT2D eigenvalue weighted by Crippen LogP contribution is -2.04. The van der Waals surface area contributed by atoms with E-state index in [2.05, 4.69) is 22.6 Å². The minimum Gasteiger partial charge on any atom is -0.488 e. The molecule has 2 aromatic rings. The third-order valence-electron chi connectivity index (χ3n) is 2.51. The van der Waals surface area contributed by atoms with Crippen molar-refractivity contribution in [1.82, 2.24) is 0 Å². The van der Waals surface area contributed by atoms with Crippen LogP contribution in [0.1, 0.15) is 15.9 Å². The summed E-state index contributed by atoms with van der Waals surface area (Å²) in [6.07, 6.45) is 0. The Labute approximate surface area is 129 Å². The summed E-state index contributed by atoms with van der Waals surface area (Å²) < 4.78 is 6.40. The molecule has 19 heavy (non-hydrogen) atoms. The van der Waals surface area contributed by atoms with Gasteiger partial charge in [0.25, 0.3) is 0 Å². The van der Waals surface area contributed by atoms with Gasteiger partial charge in [-0.05, 0) is 46.9 Å². The summed E-state index contributed by atoms with van der Waals surface area (Å²) in [5.41, 5.74) is 0.970. The van der Waals surface area contributed by atoms with Crippen LogP contribution in [0.2, 0.25) is 5.02 Å². The molecule has 0 radical (unpaired) electrons. The Morgan fingerprint density at radius 3 is 2.68 bits per heavy atom. The van der Waals surface area contributed by atoms with E-state index in [9.17, 15) is 4.79 Å². The second-order valence-electron chi connectivity index (χ2n) is 3.83. The number of aromatic carboxylic acids is 1. The van der Waals surface area contributed by atoms with Crippen molar-refractivity contribution in [3.63, 3.8) is 0 Å². The van der Waals surface area contributed by atoms with E-state index in [-0.39, 0.29) is 12.2 Å². The van der Waals surface area contributed by atoms with Gasteiger partial charge in [-0.3, -0.25) is 0 Å². The highest BCUT2D eigenvalue weighted by Gasteiger charge is 2.12. The van der Waals surface area contributed by atoms with Crippen molar-refractivity contribution < 1.29 is 14.6 Å². The number of ether oxygens (including phenoxy) is 1. The minimum atomic E-state index is -1.01. The molecular weight excluding hydrogens is 379 g/mol. The lowest BCUT2D eigenvalue weighted by atomic mass is 10.2. The molecule has 0 aliphatic heterocycles. The molecule has 0 amide bonds. The molecule has 0 fully saturated rings. The fraction of sp³-hybridized carbons (Fsp3) is 0.0714. The van der Waals surface area contributed by atoms with E-state index in [0.29, 0.717) is 10.8 Å². The van der Waals surface area contributed by atoms with Gasteiger partial charge in [0.15, 0.2) is 0 Å². The van der Waals surface area contributed by atoms with Gasteiger partial charge < -0.3 is 9.84 Å². The third kappa shape index (κ3) is 3.61. The van der Waals surface area contributed by atoms with Crippen LogP contribution in [-0.4, -0.2) is 11.1 Å². The van der Waals surface area contributed by atoms with Crippen LogP contribution in [0, 0.1) is 3.57 Å². The second kappa shape index (κ2) is 6.25. The number of hydrogen-bond donors (Lipinski definition) is 1. The Hall–Kier alpha value is -1.27. The van der Waals surface area contributed by atoms with Gasteiger partial charge in [-0.1, -0.05) is 29.8 Å². The zero-order valence-corrected chi connectivity index (χ0v) is 12.7. The summed E-state index contributed by atoms with van der Waals surface area (Å²) in [4.78, 5) is 11.1. The van der Waals surface area contributed by atoms with Crippen molar-refractivity contribution in [3.05, 3.63) is 62.2 Å². The molecule has 5 heteroatoms. The monoisotopic (exact) mass is 388 g/mol. The van der Waals surface area contributed by atoms with E-state index >= 15 is 0 Å². The van der Waals surface area contributed by atoms with Gasteiger partial charge in [0, 0.05) is 14.2 Å². The van der Waals surface area contributed by atoms with E-state index in [0.717, 1.165) is 9.13 Å². The molecule has 0 unspecified atom stereocenters. The molecule has 2 aromatic carbocycles. The van der Waals surface area contributed by atoms with Crippen LogP contribution in [-0.2, 0) is 6.61 Å². The largest absolute Gasteiger partial charge is 0.488 e. The Balaban J connectivity index is 2.20. The summed E-state index contributed by atoms with van der Waals surface area (Å²) in [6, 6.07) is 12.3. The standard InChI is InChI=1S/C14H10ClIO3/c15-12-4-2-1-3-9(12)8-19-13-6-5-10(16)7-11(13)14(17)18/h1-7H,8H2,(H,17,18). The van der Waals surface area contributed by atoms with E-state index in [1.807, 2.05) is 18.2 Å². The van der Waals surface area contributed by atoms with Crippen molar-refractivity contribution in [1.29, 1.82) is 0 Å². The fourth-order valence-electron chi connectivity index (χ4n) is 1.57. The van der Waals surface area contributed by atoms with Gasteiger partial charge in [-0.2, -0.15) is 0 Å². The van der Waals surface area contributed by atoms with Crippen LogP contribution in [0.15, 0.2) is 42.5 Å². The van der Waals surface area contributed by atoms with Crippen molar-refractivity contribution in [2.45, 2.75) is 6.61 Å². The first-order valence-electron chi connectivity index (χ1n) is 5.47. The highest BCUT2D eigenvalue weighted by Crippen LogP contribution is 2.24. The molecule has 98 valence electrons. The Morgan fingerprint density at radius 2 is 2.00 bits per heavy atom. The fourth-order valence-corrected chi connectivity index (χ4v) is 2.25. The van der Waals surface area contributed by atoms with E-state index in [1.165, 1.54) is 0 Å². The Kier molecular flexibility index (Phi) is 4.66. The van der Waals surface area contributed by atoms with Gasteiger partial charge in [0.1, 0.15) is 17.9 Å². The van der Waals surface area contributed by atoms with Crippen molar-refractivity contribution in [3.8, 4) is 5.75 Å². The van der Waals surface area contributed by atoms with Crippen LogP contribution < -0.4 is 4.74 Å². The molecule has 0 aliphatic rings. The van der Waals surface area contributed by atoms with Crippen molar-refractivity contribution in [2.24, 2.45) is 0 Å². The lowest BCUT2D eigenvalue weighted by molar-refractivity contribution is 0.0691. The Morgan fingerprint density at radius 1 is 1.26 bits per heavy atom. The van der Waals surface area contributed by atoms with Gasteiger partial charge >= 0.3 is 5.97 Å². The maximum absolute atomic E-state index is 11.1. The lowest BCUT2D eigenvalue weighted by Gasteiger charge is -2.10. The SMILES string of the molecule is O=C(O)c1cc(I)ccc1OCc1ccccc1Cl. The normalized spacial score (nSPS) is 10.2. The van der Waals surface area contributed by atoms with Crippen molar-refractivity contribution >= 4 is 40.2 Å². The molecule has 0 saturated carbocycles. The number of rotatable bonds is 4. The minimum absolute atomic E-state index is 0.152. The molecule has 3 nitrogen and oxygen atoms in total. The number of carboxylic acid groups (broad SMARTS) is 1. The number of carboxylic acids is 1. The molecule has 0 saturated heterocycles. The summed E-state index contributed by atoms with van der Waals surface area (Å²) in [5.74, 6) is -0.666. The summed E-state index contributed by atoms with van der Waals surface area (Å²) in [6.45, 7) is 0.237. The number of carbonyl (C=O) groups is 1. The van der Waals surface area contributed by atoms with E-state index < -0.39 is 5.97 Å². The Bertz CT molecular complexity index is 613. The number of halogens is 2. The van der Waals surface area contributed by atoms with Gasteiger partial charge in [-0.25, -0.2) is 4.79 Å². The number of hydrogen-bond acceptors (Lipinski definition) is 2. The molecule has 1 N–H and O–H groups in total. The molecule has 0 heterocycles. The molecule has 0 spiro atoms. The predicted molar refractivity (Wildman–Crippen MR) is 81.9 cm³/mol. The molecule has 0 aromatic heterocycles. The summed E-state index contributed by atoms with van der Waals surface area (Å²) in [5, 5.41) is 9.73.